The van der Waals surface area contributed by atoms with Crippen LogP contribution in [0.3, 0.4) is 0 Å². The summed E-state index contributed by atoms with van der Waals surface area (Å²) in [4.78, 5) is 8.11. The number of anilines is 1. The number of nitrogen functional groups attached to an aromatic ring is 1. The van der Waals surface area contributed by atoms with Gasteiger partial charge in [0.25, 0.3) is 0 Å². The average Bonchev–Trinajstić information content (AvgIpc) is 2.17. The fraction of sp³-hybridized carbons (Fsp3) is 0.0909. The van der Waals surface area contributed by atoms with Crippen LogP contribution < -0.4 is 10.5 Å². The van der Waals surface area contributed by atoms with Gasteiger partial charge in [-0.15, -0.1) is 0 Å². The lowest BCUT2D eigenvalue weighted by atomic mass is 10.3. The predicted octanol–water partition coefficient (Wildman–Crippen LogP) is 2.16. The van der Waals surface area contributed by atoms with Gasteiger partial charge < -0.3 is 10.5 Å². The average molecular weight is 201 g/mol. The van der Waals surface area contributed by atoms with Crippen LogP contribution in [0.25, 0.3) is 0 Å². The van der Waals surface area contributed by atoms with Crippen molar-refractivity contribution in [2.75, 3.05) is 5.73 Å². The maximum absolute atomic E-state index is 5.62. The van der Waals surface area contributed by atoms with Gasteiger partial charge in [-0.1, -0.05) is 6.07 Å². The molecule has 0 fully saturated rings. The van der Waals surface area contributed by atoms with Gasteiger partial charge in [-0.3, -0.25) is 0 Å². The molecule has 0 spiro atoms. The molecule has 2 N–H and O–H groups in total. The summed E-state index contributed by atoms with van der Waals surface area (Å²) in [6.07, 6.45) is 1.66. The number of aryl methyl sites for hydroxylation is 1. The molecule has 0 saturated carbocycles. The van der Waals surface area contributed by atoms with Crippen LogP contribution in [0.2, 0.25) is 0 Å². The van der Waals surface area contributed by atoms with Gasteiger partial charge >= 0.3 is 6.01 Å². The van der Waals surface area contributed by atoms with Crippen molar-refractivity contribution in [1.29, 1.82) is 0 Å². The number of aromatic nitrogens is 2. The van der Waals surface area contributed by atoms with E-state index in [1.165, 1.54) is 0 Å². The number of nitrogens with zero attached hydrogens (tertiary/aromatic N) is 2. The SMILES string of the molecule is Cc1ccnc(Oc2cccc(N)c2)n1. The van der Waals surface area contributed by atoms with Crippen LogP contribution in [0.15, 0.2) is 36.5 Å². The number of rotatable bonds is 2. The zero-order chi connectivity index (χ0) is 10.7. The normalized spacial score (nSPS) is 9.93. The van der Waals surface area contributed by atoms with Crippen molar-refractivity contribution in [3.8, 4) is 11.8 Å². The van der Waals surface area contributed by atoms with E-state index in [0.29, 0.717) is 17.4 Å². The number of hydrogen-bond acceptors (Lipinski definition) is 4. The maximum Gasteiger partial charge on any atom is 0.322 e. The minimum Gasteiger partial charge on any atom is -0.424 e. The molecule has 1 aromatic carbocycles. The third kappa shape index (κ3) is 2.43. The first-order valence-electron chi connectivity index (χ1n) is 4.57. The molecule has 0 bridgehead atoms. The Hall–Kier alpha value is -2.10. The summed E-state index contributed by atoms with van der Waals surface area (Å²) < 4.78 is 5.44. The molecule has 0 aliphatic heterocycles. The summed E-state index contributed by atoms with van der Waals surface area (Å²) in [6.45, 7) is 1.88. The molecule has 0 aliphatic rings. The fourth-order valence-corrected chi connectivity index (χ4v) is 1.16. The Morgan fingerprint density at radius 2 is 2.13 bits per heavy atom. The van der Waals surface area contributed by atoms with E-state index >= 15 is 0 Å². The van der Waals surface area contributed by atoms with E-state index in [1.807, 2.05) is 25.1 Å². The third-order valence-corrected chi connectivity index (χ3v) is 1.84. The molecule has 2 aromatic rings. The molecule has 1 heterocycles. The highest BCUT2D eigenvalue weighted by atomic mass is 16.5. The summed E-state index contributed by atoms with van der Waals surface area (Å²) in [7, 11) is 0. The lowest BCUT2D eigenvalue weighted by Crippen LogP contribution is -1.93. The summed E-state index contributed by atoms with van der Waals surface area (Å²) in [5.41, 5.74) is 7.14. The van der Waals surface area contributed by atoms with Crippen molar-refractivity contribution in [2.45, 2.75) is 6.92 Å². The molecular weight excluding hydrogens is 190 g/mol. The zero-order valence-corrected chi connectivity index (χ0v) is 8.34. The van der Waals surface area contributed by atoms with E-state index in [9.17, 15) is 0 Å². The van der Waals surface area contributed by atoms with Crippen LogP contribution >= 0.6 is 0 Å². The molecule has 0 radical (unpaired) electrons. The first-order chi connectivity index (χ1) is 7.24. The fourth-order valence-electron chi connectivity index (χ4n) is 1.16. The summed E-state index contributed by atoms with van der Waals surface area (Å²) >= 11 is 0. The van der Waals surface area contributed by atoms with Crippen LogP contribution in [0.5, 0.6) is 11.8 Å². The number of benzene rings is 1. The largest absolute Gasteiger partial charge is 0.424 e. The first-order valence-corrected chi connectivity index (χ1v) is 4.57. The second-order valence-electron chi connectivity index (χ2n) is 3.16. The van der Waals surface area contributed by atoms with Crippen LogP contribution in [-0.2, 0) is 0 Å². The highest BCUT2D eigenvalue weighted by Crippen LogP contribution is 2.19. The van der Waals surface area contributed by atoms with Crippen molar-refractivity contribution in [2.24, 2.45) is 0 Å². The van der Waals surface area contributed by atoms with Gasteiger partial charge in [-0.25, -0.2) is 9.97 Å². The second-order valence-corrected chi connectivity index (χ2v) is 3.16. The van der Waals surface area contributed by atoms with Crippen LogP contribution in [0.1, 0.15) is 5.69 Å². The Balaban J connectivity index is 2.22. The lowest BCUT2D eigenvalue weighted by Gasteiger charge is -2.04. The Bertz CT molecular complexity index is 427. The van der Waals surface area contributed by atoms with Crippen molar-refractivity contribution >= 4 is 5.69 Å². The Morgan fingerprint density at radius 3 is 2.87 bits per heavy atom. The molecule has 0 saturated heterocycles. The van der Waals surface area contributed by atoms with Crippen LogP contribution in [-0.4, -0.2) is 9.97 Å². The van der Waals surface area contributed by atoms with Crippen molar-refractivity contribution < 1.29 is 4.74 Å². The summed E-state index contributed by atoms with van der Waals surface area (Å²) in [5.74, 6) is 0.639. The smallest absolute Gasteiger partial charge is 0.322 e. The van der Waals surface area contributed by atoms with Gasteiger partial charge in [0.2, 0.25) is 0 Å². The summed E-state index contributed by atoms with van der Waals surface area (Å²) in [6, 6.07) is 9.30. The highest BCUT2D eigenvalue weighted by molar-refractivity contribution is 5.44. The van der Waals surface area contributed by atoms with E-state index in [4.69, 9.17) is 10.5 Å². The molecule has 1 aromatic heterocycles. The van der Waals surface area contributed by atoms with Gasteiger partial charge in [0.05, 0.1) is 0 Å². The van der Waals surface area contributed by atoms with Gasteiger partial charge in [-0.2, -0.15) is 0 Å². The molecule has 15 heavy (non-hydrogen) atoms. The van der Waals surface area contributed by atoms with E-state index in [2.05, 4.69) is 9.97 Å². The van der Waals surface area contributed by atoms with Crippen LogP contribution in [0.4, 0.5) is 5.69 Å². The molecule has 0 aliphatic carbocycles. The van der Waals surface area contributed by atoms with Crippen LogP contribution in [0, 0.1) is 6.92 Å². The van der Waals surface area contributed by atoms with Crippen molar-refractivity contribution in [3.63, 3.8) is 0 Å². The number of ether oxygens (including phenoxy) is 1. The minimum atomic E-state index is 0.334. The number of nitrogens with two attached hydrogens (primary N) is 1. The molecule has 4 nitrogen and oxygen atoms in total. The van der Waals surface area contributed by atoms with Gasteiger partial charge in [0.15, 0.2) is 0 Å². The lowest BCUT2D eigenvalue weighted by molar-refractivity contribution is 0.440. The van der Waals surface area contributed by atoms with Gasteiger partial charge in [-0.05, 0) is 25.1 Å². The van der Waals surface area contributed by atoms with E-state index < -0.39 is 0 Å². The van der Waals surface area contributed by atoms with Crippen molar-refractivity contribution in [1.82, 2.24) is 9.97 Å². The van der Waals surface area contributed by atoms with Gasteiger partial charge in [0, 0.05) is 23.6 Å². The van der Waals surface area contributed by atoms with E-state index in [0.717, 1.165) is 5.69 Å². The van der Waals surface area contributed by atoms with E-state index in [1.54, 1.807) is 18.3 Å². The molecule has 0 amide bonds. The Morgan fingerprint density at radius 1 is 1.27 bits per heavy atom. The molecule has 2 rings (SSSR count). The standard InChI is InChI=1S/C11H11N3O/c1-8-5-6-13-11(14-8)15-10-4-2-3-9(12)7-10/h2-7H,12H2,1H3. The first kappa shape index (κ1) is 9.45. The Labute approximate surface area is 87.7 Å². The van der Waals surface area contributed by atoms with E-state index in [-0.39, 0.29) is 0 Å². The molecule has 0 atom stereocenters. The quantitative estimate of drug-likeness (QED) is 0.756. The maximum atomic E-state index is 5.62. The molecular formula is C11H11N3O. The monoisotopic (exact) mass is 201 g/mol. The van der Waals surface area contributed by atoms with Gasteiger partial charge in [0.1, 0.15) is 5.75 Å². The predicted molar refractivity (Wildman–Crippen MR) is 57.7 cm³/mol. The number of hydrogen-bond donors (Lipinski definition) is 1. The summed E-state index contributed by atoms with van der Waals surface area (Å²) in [5, 5.41) is 0. The Kier molecular flexibility index (Phi) is 2.49. The minimum absolute atomic E-state index is 0.334. The molecule has 4 heteroatoms. The zero-order valence-electron chi connectivity index (χ0n) is 8.34. The van der Waals surface area contributed by atoms with Crippen molar-refractivity contribution in [3.05, 3.63) is 42.2 Å². The highest BCUT2D eigenvalue weighted by Gasteiger charge is 2.00. The second kappa shape index (κ2) is 3.96. The molecule has 76 valence electrons. The third-order valence-electron chi connectivity index (χ3n) is 1.84. The topological polar surface area (TPSA) is 61.0 Å². The molecule has 0 unspecified atom stereocenters.